The molecule has 9 aromatic rings. The molecule has 0 aromatic heterocycles. The van der Waals surface area contributed by atoms with E-state index in [1.807, 2.05) is 0 Å². The molecule has 2 heteroatoms. The standard InChI is InChI=1S/C62H53NS/c1-44-40-45(2)42-47(41-44)29-28-46-30-34-51(35-31-46)63(52-36-32-49(33-37-52)57-26-15-19-50-18-14-25-56(62(50)57)48-16-6-3-7-17-48)53-38-39-59-58-24-12-13-27-60(58)64(61(59)43-53,54-20-8-4-9-21-54)55-22-10-5-11-23-55/h3-27,30-39,43,45,47H,1,28-29,40-42H2,2H3. The zero-order valence-electron chi connectivity index (χ0n) is 36.5. The third-order valence-electron chi connectivity index (χ3n) is 13.7. The quantitative estimate of drug-likeness (QED) is 0.124. The Balaban J connectivity index is 1.04. The number of hydrogen-bond acceptors (Lipinski definition) is 1. The molecule has 1 nitrogen and oxygen atoms in total. The predicted octanol–water partition coefficient (Wildman–Crippen LogP) is 17.9. The summed E-state index contributed by atoms with van der Waals surface area (Å²) >= 11 is 0. The van der Waals surface area contributed by atoms with Crippen LogP contribution in [0, 0.1) is 11.8 Å². The number of allylic oxidation sites excluding steroid dienone is 1. The summed E-state index contributed by atoms with van der Waals surface area (Å²) in [6.45, 7) is 6.77. The highest BCUT2D eigenvalue weighted by atomic mass is 32.3. The van der Waals surface area contributed by atoms with Gasteiger partial charge >= 0.3 is 0 Å². The smallest absolute Gasteiger partial charge is 0.0472 e. The summed E-state index contributed by atoms with van der Waals surface area (Å²) in [4.78, 5) is 7.97. The van der Waals surface area contributed by atoms with Crippen molar-refractivity contribution in [3.8, 4) is 33.4 Å². The van der Waals surface area contributed by atoms with Gasteiger partial charge in [-0.15, -0.1) is 10.0 Å². The van der Waals surface area contributed by atoms with Crippen LogP contribution in [-0.4, -0.2) is 0 Å². The van der Waals surface area contributed by atoms with Crippen LogP contribution in [-0.2, 0) is 6.42 Å². The molecule has 11 rings (SSSR count). The van der Waals surface area contributed by atoms with E-state index in [-0.39, 0.29) is 0 Å². The van der Waals surface area contributed by atoms with Crippen LogP contribution < -0.4 is 4.90 Å². The van der Waals surface area contributed by atoms with Crippen LogP contribution in [0.2, 0.25) is 0 Å². The third-order valence-corrected chi connectivity index (χ3v) is 17.6. The van der Waals surface area contributed by atoms with E-state index in [0.717, 1.165) is 35.3 Å². The zero-order chi connectivity index (χ0) is 43.0. The average molecular weight is 844 g/mol. The molecule has 1 saturated carbocycles. The van der Waals surface area contributed by atoms with Gasteiger partial charge < -0.3 is 4.90 Å². The maximum absolute atomic E-state index is 4.38. The van der Waals surface area contributed by atoms with E-state index in [9.17, 15) is 0 Å². The van der Waals surface area contributed by atoms with Gasteiger partial charge in [-0.25, -0.2) is 0 Å². The van der Waals surface area contributed by atoms with Crippen LogP contribution in [0.5, 0.6) is 0 Å². The van der Waals surface area contributed by atoms with Crippen LogP contribution in [0.15, 0.2) is 250 Å². The van der Waals surface area contributed by atoms with Gasteiger partial charge in [0, 0.05) is 36.6 Å². The molecule has 1 aliphatic carbocycles. The number of fused-ring (bicyclic) bond motifs is 4. The topological polar surface area (TPSA) is 3.24 Å². The summed E-state index contributed by atoms with van der Waals surface area (Å²) in [6.07, 6.45) is 5.98. The highest BCUT2D eigenvalue weighted by Gasteiger charge is 2.42. The van der Waals surface area contributed by atoms with Gasteiger partial charge in [0.25, 0.3) is 0 Å². The van der Waals surface area contributed by atoms with Gasteiger partial charge in [0.05, 0.1) is 0 Å². The van der Waals surface area contributed by atoms with Gasteiger partial charge in [-0.2, -0.15) is 0 Å². The Labute approximate surface area is 380 Å². The Bertz CT molecular complexity index is 3050. The van der Waals surface area contributed by atoms with E-state index < -0.39 is 10.0 Å². The normalized spacial score (nSPS) is 16.8. The number of rotatable bonds is 10. The minimum atomic E-state index is -1.81. The Morgan fingerprint density at radius 2 is 1.02 bits per heavy atom. The SMILES string of the molecule is C=C1CC(C)CC(CCc2ccc(N(c3ccc(-c4cccc5cccc(-c6ccccc6)c45)cc3)c3ccc4c(c3)S(c3ccccc3)(c3ccccc3)c3ccccc3-4)cc2)C1. The van der Waals surface area contributed by atoms with Crippen molar-refractivity contribution in [1.29, 1.82) is 0 Å². The van der Waals surface area contributed by atoms with Gasteiger partial charge in [-0.1, -0.05) is 171 Å². The molecule has 0 N–H and O–H groups in total. The molecule has 312 valence electrons. The van der Waals surface area contributed by atoms with Gasteiger partial charge in [0.15, 0.2) is 0 Å². The molecule has 0 saturated heterocycles. The van der Waals surface area contributed by atoms with E-state index in [2.05, 4.69) is 237 Å². The van der Waals surface area contributed by atoms with Crippen molar-refractivity contribution in [1.82, 2.24) is 0 Å². The zero-order valence-corrected chi connectivity index (χ0v) is 37.4. The molecule has 1 aliphatic heterocycles. The van der Waals surface area contributed by atoms with Crippen LogP contribution in [0.1, 0.15) is 38.2 Å². The van der Waals surface area contributed by atoms with E-state index in [1.54, 1.807) is 0 Å². The highest BCUT2D eigenvalue weighted by Crippen LogP contribution is 2.80. The second kappa shape index (κ2) is 17.0. The van der Waals surface area contributed by atoms with Crippen molar-refractivity contribution in [2.75, 3.05) is 4.90 Å². The fourth-order valence-electron chi connectivity index (χ4n) is 10.9. The molecule has 64 heavy (non-hydrogen) atoms. The lowest BCUT2D eigenvalue weighted by Gasteiger charge is -2.39. The molecular weight excluding hydrogens is 791 g/mol. The third kappa shape index (κ3) is 7.17. The molecular formula is C62H53NS. The summed E-state index contributed by atoms with van der Waals surface area (Å²) in [7, 11) is -1.81. The molecule has 0 bridgehead atoms. The fraction of sp³-hybridized carbons (Fsp3) is 0.129. The van der Waals surface area contributed by atoms with E-state index in [1.165, 1.54) is 101 Å². The van der Waals surface area contributed by atoms with Crippen molar-refractivity contribution >= 4 is 37.9 Å². The first-order valence-corrected chi connectivity index (χ1v) is 24.6. The molecule has 0 spiro atoms. The second-order valence-corrected chi connectivity index (χ2v) is 21.0. The lowest BCUT2D eigenvalue weighted by Crippen LogP contribution is -2.15. The first-order valence-electron chi connectivity index (χ1n) is 22.9. The van der Waals surface area contributed by atoms with Crippen molar-refractivity contribution in [3.05, 3.63) is 236 Å². The fourth-order valence-corrected chi connectivity index (χ4v) is 15.1. The number of anilines is 3. The maximum atomic E-state index is 4.38. The van der Waals surface area contributed by atoms with Crippen molar-refractivity contribution in [2.24, 2.45) is 11.8 Å². The summed E-state index contributed by atoms with van der Waals surface area (Å²) in [5, 5.41) is 2.53. The minimum absolute atomic E-state index is 0.726. The van der Waals surface area contributed by atoms with Crippen LogP contribution >= 0.6 is 10.0 Å². The molecule has 2 atom stereocenters. The number of benzene rings is 9. The molecule has 9 aromatic carbocycles. The summed E-state index contributed by atoms with van der Waals surface area (Å²) in [6, 6.07) is 81.7. The molecule has 2 unspecified atom stereocenters. The lowest BCUT2D eigenvalue weighted by molar-refractivity contribution is 0.321. The average Bonchev–Trinajstić information content (AvgIpc) is 3.64. The van der Waals surface area contributed by atoms with Gasteiger partial charge in [0.2, 0.25) is 0 Å². The number of nitrogens with zero attached hydrogens (tertiary/aromatic N) is 1. The Kier molecular flexibility index (Phi) is 10.6. The molecule has 0 amide bonds. The highest BCUT2D eigenvalue weighted by molar-refractivity contribution is 8.34. The summed E-state index contributed by atoms with van der Waals surface area (Å²) < 4.78 is 0. The summed E-state index contributed by atoms with van der Waals surface area (Å²) in [5.41, 5.74) is 13.8. The van der Waals surface area contributed by atoms with Crippen molar-refractivity contribution in [2.45, 2.75) is 58.6 Å². The van der Waals surface area contributed by atoms with E-state index >= 15 is 0 Å². The van der Waals surface area contributed by atoms with Gasteiger partial charge in [0.1, 0.15) is 0 Å². The van der Waals surface area contributed by atoms with Gasteiger partial charge in [-0.3, -0.25) is 0 Å². The van der Waals surface area contributed by atoms with Gasteiger partial charge in [-0.05, 0) is 160 Å². The largest absolute Gasteiger partial charge is 0.310 e. The van der Waals surface area contributed by atoms with Crippen LogP contribution in [0.25, 0.3) is 44.2 Å². The Hall–Kier alpha value is -6.87. The summed E-state index contributed by atoms with van der Waals surface area (Å²) in [5.74, 6) is 1.47. The first kappa shape index (κ1) is 39.9. The molecule has 2 aliphatic rings. The molecule has 0 radical (unpaired) electrons. The monoisotopic (exact) mass is 843 g/mol. The second-order valence-electron chi connectivity index (χ2n) is 17.9. The lowest BCUT2D eigenvalue weighted by atomic mass is 9.77. The Morgan fingerprint density at radius 1 is 0.484 bits per heavy atom. The van der Waals surface area contributed by atoms with Crippen molar-refractivity contribution < 1.29 is 0 Å². The van der Waals surface area contributed by atoms with Crippen LogP contribution in [0.3, 0.4) is 0 Å². The van der Waals surface area contributed by atoms with E-state index in [0.29, 0.717) is 0 Å². The molecule has 1 heterocycles. The Morgan fingerprint density at radius 3 is 1.66 bits per heavy atom. The minimum Gasteiger partial charge on any atom is -0.310 e. The number of hydrogen-bond donors (Lipinski definition) is 0. The predicted molar refractivity (Wildman–Crippen MR) is 272 cm³/mol. The maximum Gasteiger partial charge on any atom is 0.0472 e. The van der Waals surface area contributed by atoms with E-state index in [4.69, 9.17) is 0 Å². The van der Waals surface area contributed by atoms with Crippen molar-refractivity contribution in [3.63, 3.8) is 0 Å². The first-order chi connectivity index (χ1) is 31.5. The number of aryl methyl sites for hydroxylation is 1. The van der Waals surface area contributed by atoms with Crippen LogP contribution in [0.4, 0.5) is 17.1 Å². The molecule has 1 fully saturated rings.